The Hall–Kier alpha value is -1.15. The molecule has 0 amide bonds. The number of nitrogens with zero attached hydrogens (tertiary/aromatic N) is 1. The van der Waals surface area contributed by atoms with Gasteiger partial charge in [-0.15, -0.1) is 0 Å². The minimum atomic E-state index is -3.47. The largest absolute Gasteiger partial charge is 0.374 e. The van der Waals surface area contributed by atoms with Crippen LogP contribution in [0.2, 0.25) is 0 Å². The van der Waals surface area contributed by atoms with Crippen molar-refractivity contribution in [2.45, 2.75) is 17.9 Å². The number of sulfonamides is 1. The summed E-state index contributed by atoms with van der Waals surface area (Å²) in [5.41, 5.74) is 0.688. The van der Waals surface area contributed by atoms with E-state index >= 15 is 0 Å². The summed E-state index contributed by atoms with van der Waals surface area (Å²) in [5, 5.41) is 3.27. The first-order valence-corrected chi connectivity index (χ1v) is 8.65. The monoisotopic (exact) mass is 313 g/mol. The number of hydrogen-bond acceptors (Lipinski definition) is 5. The van der Waals surface area contributed by atoms with Gasteiger partial charge >= 0.3 is 0 Å². The van der Waals surface area contributed by atoms with Crippen LogP contribution >= 0.6 is 0 Å². The van der Waals surface area contributed by atoms with Gasteiger partial charge in [0.15, 0.2) is 0 Å². The fourth-order valence-corrected chi connectivity index (χ4v) is 3.70. The molecule has 21 heavy (non-hydrogen) atoms. The predicted molar refractivity (Wildman–Crippen MR) is 83.2 cm³/mol. The predicted octanol–water partition coefficient (Wildman–Crippen LogP) is 0.409. The standard InChI is InChI=1S/C14H23N3O3S/c1-3-16-21(18,19)14-7-5-4-6-13(14)17(2)11-12-10-15-8-9-20-12/h4-7,12,15-16H,3,8-11H2,1-2H3. The van der Waals surface area contributed by atoms with Crippen LogP contribution in [0.1, 0.15) is 6.92 Å². The van der Waals surface area contributed by atoms with Crippen molar-refractivity contribution in [1.29, 1.82) is 0 Å². The van der Waals surface area contributed by atoms with Crippen molar-refractivity contribution < 1.29 is 13.2 Å². The van der Waals surface area contributed by atoms with Gasteiger partial charge in [-0.2, -0.15) is 0 Å². The number of para-hydroxylation sites is 1. The van der Waals surface area contributed by atoms with Crippen molar-refractivity contribution in [2.75, 3.05) is 44.7 Å². The topological polar surface area (TPSA) is 70.7 Å². The second-order valence-electron chi connectivity index (χ2n) is 5.05. The Morgan fingerprint density at radius 2 is 2.19 bits per heavy atom. The zero-order valence-corrected chi connectivity index (χ0v) is 13.3. The second kappa shape index (κ2) is 7.22. The van der Waals surface area contributed by atoms with Crippen LogP contribution in [0.15, 0.2) is 29.2 Å². The zero-order chi connectivity index (χ0) is 15.3. The SMILES string of the molecule is CCNS(=O)(=O)c1ccccc1N(C)CC1CNCCO1. The van der Waals surface area contributed by atoms with E-state index in [1.807, 2.05) is 24.1 Å². The van der Waals surface area contributed by atoms with Crippen LogP contribution in [-0.4, -0.2) is 54.4 Å². The van der Waals surface area contributed by atoms with Crippen molar-refractivity contribution >= 4 is 15.7 Å². The summed E-state index contributed by atoms with van der Waals surface area (Å²) in [6.07, 6.45) is 0.0682. The number of likely N-dealkylation sites (N-methyl/N-ethyl adjacent to an activating group) is 1. The number of morpholine rings is 1. The highest BCUT2D eigenvalue weighted by Crippen LogP contribution is 2.24. The fourth-order valence-electron chi connectivity index (χ4n) is 2.41. The lowest BCUT2D eigenvalue weighted by Gasteiger charge is -2.30. The van der Waals surface area contributed by atoms with Crippen LogP contribution in [0.3, 0.4) is 0 Å². The maximum Gasteiger partial charge on any atom is 0.242 e. The van der Waals surface area contributed by atoms with Crippen LogP contribution in [0.25, 0.3) is 0 Å². The van der Waals surface area contributed by atoms with E-state index in [1.54, 1.807) is 19.1 Å². The Morgan fingerprint density at radius 1 is 1.43 bits per heavy atom. The van der Waals surface area contributed by atoms with Gasteiger partial charge in [0.05, 0.1) is 18.4 Å². The van der Waals surface area contributed by atoms with Crippen molar-refractivity contribution in [3.63, 3.8) is 0 Å². The summed E-state index contributed by atoms with van der Waals surface area (Å²) in [6, 6.07) is 7.03. The average molecular weight is 313 g/mol. The second-order valence-corrected chi connectivity index (χ2v) is 6.78. The molecule has 0 spiro atoms. The first kappa shape index (κ1) is 16.2. The molecule has 7 heteroatoms. The Morgan fingerprint density at radius 3 is 2.86 bits per heavy atom. The molecule has 2 rings (SSSR count). The smallest absolute Gasteiger partial charge is 0.242 e. The van der Waals surface area contributed by atoms with E-state index < -0.39 is 10.0 Å². The molecule has 118 valence electrons. The molecule has 0 bridgehead atoms. The highest BCUT2D eigenvalue weighted by Gasteiger charge is 2.22. The zero-order valence-electron chi connectivity index (χ0n) is 12.5. The maximum atomic E-state index is 12.3. The van der Waals surface area contributed by atoms with Gasteiger partial charge in [0.2, 0.25) is 10.0 Å². The lowest BCUT2D eigenvalue weighted by atomic mass is 10.2. The summed E-state index contributed by atoms with van der Waals surface area (Å²) in [5.74, 6) is 0. The van der Waals surface area contributed by atoms with Gasteiger partial charge < -0.3 is 15.0 Å². The number of rotatable bonds is 6. The number of hydrogen-bond donors (Lipinski definition) is 2. The molecule has 1 heterocycles. The molecule has 0 aliphatic carbocycles. The van der Waals surface area contributed by atoms with Crippen molar-refractivity contribution in [2.24, 2.45) is 0 Å². The van der Waals surface area contributed by atoms with Gasteiger partial charge in [0.25, 0.3) is 0 Å². The van der Waals surface area contributed by atoms with Crippen LogP contribution in [0, 0.1) is 0 Å². The third kappa shape index (κ3) is 4.16. The first-order valence-electron chi connectivity index (χ1n) is 7.16. The van der Waals surface area contributed by atoms with Crippen LogP contribution < -0.4 is 14.9 Å². The molecule has 1 fully saturated rings. The van der Waals surface area contributed by atoms with E-state index in [0.29, 0.717) is 30.3 Å². The Balaban J connectivity index is 2.18. The molecule has 1 atom stereocenters. The highest BCUT2D eigenvalue weighted by molar-refractivity contribution is 7.89. The summed E-state index contributed by atoms with van der Waals surface area (Å²) in [4.78, 5) is 2.24. The molecular weight excluding hydrogens is 290 g/mol. The third-order valence-electron chi connectivity index (χ3n) is 3.38. The third-order valence-corrected chi connectivity index (χ3v) is 4.98. The Kier molecular flexibility index (Phi) is 5.58. The molecule has 1 aliphatic heterocycles. The van der Waals surface area contributed by atoms with E-state index in [9.17, 15) is 8.42 Å². The fraction of sp³-hybridized carbons (Fsp3) is 0.571. The van der Waals surface area contributed by atoms with Gasteiger partial charge in [-0.3, -0.25) is 0 Å². The summed E-state index contributed by atoms with van der Waals surface area (Å²) >= 11 is 0. The highest BCUT2D eigenvalue weighted by atomic mass is 32.2. The van der Waals surface area contributed by atoms with Crippen LogP contribution in [-0.2, 0) is 14.8 Å². The van der Waals surface area contributed by atoms with E-state index in [1.165, 1.54) is 0 Å². The molecule has 1 aromatic rings. The molecule has 0 radical (unpaired) electrons. The normalized spacial score (nSPS) is 19.4. The lowest BCUT2D eigenvalue weighted by molar-refractivity contribution is 0.0339. The Labute approximate surface area is 126 Å². The van der Waals surface area contributed by atoms with Gasteiger partial charge in [0, 0.05) is 33.2 Å². The molecule has 0 saturated carbocycles. The van der Waals surface area contributed by atoms with E-state index in [4.69, 9.17) is 4.74 Å². The molecule has 2 N–H and O–H groups in total. The molecule has 0 aromatic heterocycles. The molecular formula is C14H23N3O3S. The molecule has 1 saturated heterocycles. The minimum Gasteiger partial charge on any atom is -0.374 e. The van der Waals surface area contributed by atoms with Gasteiger partial charge in [-0.05, 0) is 12.1 Å². The van der Waals surface area contributed by atoms with E-state index in [0.717, 1.165) is 13.1 Å². The van der Waals surface area contributed by atoms with E-state index in [2.05, 4.69) is 10.0 Å². The lowest BCUT2D eigenvalue weighted by Crippen LogP contribution is -2.44. The summed E-state index contributed by atoms with van der Waals surface area (Å²) < 4.78 is 32.7. The molecule has 6 nitrogen and oxygen atoms in total. The van der Waals surface area contributed by atoms with E-state index in [-0.39, 0.29) is 6.10 Å². The minimum absolute atomic E-state index is 0.0682. The van der Waals surface area contributed by atoms with Crippen LogP contribution in [0.4, 0.5) is 5.69 Å². The maximum absolute atomic E-state index is 12.3. The number of nitrogens with one attached hydrogen (secondary N) is 2. The average Bonchev–Trinajstić information content (AvgIpc) is 2.48. The molecule has 1 unspecified atom stereocenters. The van der Waals surface area contributed by atoms with Gasteiger partial charge in [-0.25, -0.2) is 13.1 Å². The summed E-state index contributed by atoms with van der Waals surface area (Å²) in [7, 11) is -1.59. The number of benzene rings is 1. The number of ether oxygens (including phenoxy) is 1. The Bertz CT molecular complexity index is 556. The van der Waals surface area contributed by atoms with Crippen molar-refractivity contribution in [1.82, 2.24) is 10.0 Å². The quantitative estimate of drug-likeness (QED) is 0.796. The van der Waals surface area contributed by atoms with Gasteiger partial charge in [-0.1, -0.05) is 19.1 Å². The number of anilines is 1. The first-order chi connectivity index (χ1) is 10.0. The van der Waals surface area contributed by atoms with Crippen LogP contribution in [0.5, 0.6) is 0 Å². The van der Waals surface area contributed by atoms with Crippen molar-refractivity contribution in [3.05, 3.63) is 24.3 Å². The summed E-state index contributed by atoms with van der Waals surface area (Å²) in [6.45, 7) is 5.13. The molecule has 1 aliphatic rings. The molecule has 1 aromatic carbocycles. The van der Waals surface area contributed by atoms with Crippen molar-refractivity contribution in [3.8, 4) is 0 Å². The van der Waals surface area contributed by atoms with Gasteiger partial charge in [0.1, 0.15) is 4.90 Å².